The Morgan fingerprint density at radius 3 is 2.91 bits per heavy atom. The van der Waals surface area contributed by atoms with Gasteiger partial charge in [0.15, 0.2) is 6.19 Å². The molecule has 0 heterocycles. The number of thioether (sulfide) groups is 1. The number of aliphatic carboxylic acids is 1. The third-order valence-corrected chi connectivity index (χ3v) is 1.79. The molecule has 4 nitrogen and oxygen atoms in total. The number of carbonyl (C=O) groups is 1. The number of carboxylic acids is 1. The van der Waals surface area contributed by atoms with E-state index in [0.29, 0.717) is 6.42 Å². The molecule has 62 valence electrons. The number of hydrogen-bond donors (Lipinski definition) is 2. The highest BCUT2D eigenvalue weighted by Crippen LogP contribution is 1.99. The standard InChI is InChI=1S/C6H10N2O2S/c1-11-3-2-5(6(9)10)8-4-7/h5,8H,2-3H2,1H3,(H,9,10)/t5-/m0/s1. The minimum Gasteiger partial charge on any atom is -0.480 e. The molecule has 0 amide bonds. The van der Waals surface area contributed by atoms with Gasteiger partial charge in [0, 0.05) is 0 Å². The second-order valence-corrected chi connectivity index (χ2v) is 2.91. The van der Waals surface area contributed by atoms with Crippen molar-refractivity contribution in [3.05, 3.63) is 0 Å². The fourth-order valence-corrected chi connectivity index (χ4v) is 1.04. The highest BCUT2D eigenvalue weighted by Gasteiger charge is 2.14. The first kappa shape index (κ1) is 10.1. The van der Waals surface area contributed by atoms with E-state index < -0.39 is 12.0 Å². The van der Waals surface area contributed by atoms with Crippen molar-refractivity contribution in [3.8, 4) is 6.19 Å². The van der Waals surface area contributed by atoms with E-state index in [4.69, 9.17) is 10.4 Å². The van der Waals surface area contributed by atoms with Crippen LogP contribution >= 0.6 is 11.8 Å². The smallest absolute Gasteiger partial charge is 0.326 e. The van der Waals surface area contributed by atoms with Crippen molar-refractivity contribution < 1.29 is 9.90 Å². The fraction of sp³-hybridized carbons (Fsp3) is 0.667. The molecule has 0 radical (unpaired) electrons. The highest BCUT2D eigenvalue weighted by molar-refractivity contribution is 7.98. The lowest BCUT2D eigenvalue weighted by atomic mass is 10.2. The van der Waals surface area contributed by atoms with Gasteiger partial charge in [-0.1, -0.05) is 0 Å². The van der Waals surface area contributed by atoms with Gasteiger partial charge in [-0.25, -0.2) is 4.79 Å². The van der Waals surface area contributed by atoms with Crippen molar-refractivity contribution in [1.82, 2.24) is 5.32 Å². The number of nitrogens with zero attached hydrogens (tertiary/aromatic N) is 1. The molecule has 0 aliphatic carbocycles. The zero-order chi connectivity index (χ0) is 8.69. The lowest BCUT2D eigenvalue weighted by molar-refractivity contribution is -0.139. The molecule has 0 aliphatic heterocycles. The Morgan fingerprint density at radius 2 is 2.55 bits per heavy atom. The largest absolute Gasteiger partial charge is 0.480 e. The molecule has 0 fully saturated rings. The Kier molecular flexibility index (Phi) is 5.39. The van der Waals surface area contributed by atoms with Gasteiger partial charge in [0.05, 0.1) is 0 Å². The number of carboxylic acid groups (broad SMARTS) is 1. The van der Waals surface area contributed by atoms with E-state index in [9.17, 15) is 4.79 Å². The number of nitriles is 1. The summed E-state index contributed by atoms with van der Waals surface area (Å²) in [6.07, 6.45) is 3.99. The van der Waals surface area contributed by atoms with Crippen molar-refractivity contribution in [3.63, 3.8) is 0 Å². The van der Waals surface area contributed by atoms with Crippen molar-refractivity contribution >= 4 is 17.7 Å². The van der Waals surface area contributed by atoms with E-state index in [0.717, 1.165) is 5.75 Å². The van der Waals surface area contributed by atoms with Crippen LogP contribution in [0.5, 0.6) is 0 Å². The molecular formula is C6H10N2O2S. The molecule has 0 aromatic carbocycles. The molecule has 11 heavy (non-hydrogen) atoms. The maximum Gasteiger partial charge on any atom is 0.326 e. The Hall–Kier alpha value is -0.890. The molecule has 0 spiro atoms. The summed E-state index contributed by atoms with van der Waals surface area (Å²) in [5.41, 5.74) is 0. The maximum absolute atomic E-state index is 10.4. The Bertz CT molecular complexity index is 166. The zero-order valence-electron chi connectivity index (χ0n) is 6.20. The molecule has 5 heteroatoms. The Balaban J connectivity index is 3.72. The van der Waals surface area contributed by atoms with Crippen molar-refractivity contribution in [1.29, 1.82) is 5.26 Å². The first-order chi connectivity index (χ1) is 5.22. The van der Waals surface area contributed by atoms with E-state index in [2.05, 4.69) is 5.32 Å². The Labute approximate surface area is 69.6 Å². The van der Waals surface area contributed by atoms with Crippen LogP contribution in [0.15, 0.2) is 0 Å². The summed E-state index contributed by atoms with van der Waals surface area (Å²) in [5.74, 6) is -0.230. The van der Waals surface area contributed by atoms with Crippen molar-refractivity contribution in [2.75, 3.05) is 12.0 Å². The minimum absolute atomic E-state index is 0.476. The molecule has 0 rings (SSSR count). The fourth-order valence-electron chi connectivity index (χ4n) is 0.571. The van der Waals surface area contributed by atoms with Gasteiger partial charge in [0.25, 0.3) is 0 Å². The van der Waals surface area contributed by atoms with Crippen molar-refractivity contribution in [2.45, 2.75) is 12.5 Å². The third-order valence-electron chi connectivity index (χ3n) is 1.15. The van der Waals surface area contributed by atoms with Crippen LogP contribution in [0.3, 0.4) is 0 Å². The molecule has 0 aromatic rings. The van der Waals surface area contributed by atoms with Gasteiger partial charge >= 0.3 is 5.97 Å². The van der Waals surface area contributed by atoms with Gasteiger partial charge in [-0.15, -0.1) is 0 Å². The second-order valence-electron chi connectivity index (χ2n) is 1.93. The number of nitrogens with one attached hydrogen (secondary N) is 1. The average molecular weight is 174 g/mol. The van der Waals surface area contributed by atoms with Crippen LogP contribution in [-0.2, 0) is 4.79 Å². The van der Waals surface area contributed by atoms with Crippen LogP contribution in [-0.4, -0.2) is 29.1 Å². The van der Waals surface area contributed by atoms with Crippen LogP contribution < -0.4 is 5.32 Å². The van der Waals surface area contributed by atoms with Crippen LogP contribution in [0, 0.1) is 11.5 Å². The summed E-state index contributed by atoms with van der Waals surface area (Å²) in [4.78, 5) is 10.4. The van der Waals surface area contributed by atoms with E-state index in [1.54, 1.807) is 18.0 Å². The summed E-state index contributed by atoms with van der Waals surface area (Å²) in [7, 11) is 0. The topological polar surface area (TPSA) is 73.1 Å². The molecule has 0 aromatic heterocycles. The van der Waals surface area contributed by atoms with Crippen LogP contribution in [0.1, 0.15) is 6.42 Å². The second kappa shape index (κ2) is 5.86. The van der Waals surface area contributed by atoms with Gasteiger partial charge in [-0.3, -0.25) is 0 Å². The maximum atomic E-state index is 10.4. The normalized spacial score (nSPS) is 11.6. The van der Waals surface area contributed by atoms with E-state index >= 15 is 0 Å². The van der Waals surface area contributed by atoms with Gasteiger partial charge in [0.2, 0.25) is 0 Å². The van der Waals surface area contributed by atoms with E-state index in [-0.39, 0.29) is 0 Å². The van der Waals surface area contributed by atoms with E-state index in [1.807, 2.05) is 6.26 Å². The molecule has 0 saturated heterocycles. The van der Waals surface area contributed by atoms with Gasteiger partial charge in [-0.2, -0.15) is 17.0 Å². The lowest BCUT2D eigenvalue weighted by Gasteiger charge is -2.07. The summed E-state index contributed by atoms with van der Waals surface area (Å²) in [6, 6.07) is -0.729. The van der Waals surface area contributed by atoms with Crippen molar-refractivity contribution in [2.24, 2.45) is 0 Å². The molecule has 0 unspecified atom stereocenters. The third kappa shape index (κ3) is 4.51. The summed E-state index contributed by atoms with van der Waals surface area (Å²) in [6.45, 7) is 0. The average Bonchev–Trinajstić information content (AvgIpc) is 1.97. The molecule has 1 atom stereocenters. The molecule has 0 bridgehead atoms. The van der Waals surface area contributed by atoms with Crippen LogP contribution in [0.2, 0.25) is 0 Å². The van der Waals surface area contributed by atoms with Crippen LogP contribution in [0.4, 0.5) is 0 Å². The molecule has 0 saturated carbocycles. The SMILES string of the molecule is CSCC[C@H](NC#N)C(=O)O. The predicted octanol–water partition coefficient (Wildman–Crippen LogP) is 0.263. The monoisotopic (exact) mass is 174 g/mol. The molecule has 0 aliphatic rings. The van der Waals surface area contributed by atoms with Gasteiger partial charge < -0.3 is 10.4 Å². The summed E-state index contributed by atoms with van der Waals surface area (Å²) < 4.78 is 0. The number of rotatable bonds is 5. The van der Waals surface area contributed by atoms with E-state index in [1.165, 1.54) is 0 Å². The quantitative estimate of drug-likeness (QED) is 0.462. The van der Waals surface area contributed by atoms with Crippen LogP contribution in [0.25, 0.3) is 0 Å². The number of hydrogen-bond acceptors (Lipinski definition) is 4. The summed E-state index contributed by atoms with van der Waals surface area (Å²) >= 11 is 1.56. The molecule has 2 N–H and O–H groups in total. The first-order valence-corrected chi connectivity index (χ1v) is 4.48. The minimum atomic E-state index is -0.972. The first-order valence-electron chi connectivity index (χ1n) is 3.08. The van der Waals surface area contributed by atoms with Gasteiger partial charge in [0.1, 0.15) is 6.04 Å². The van der Waals surface area contributed by atoms with Gasteiger partial charge in [-0.05, 0) is 18.4 Å². The highest BCUT2D eigenvalue weighted by atomic mass is 32.2. The molecular weight excluding hydrogens is 164 g/mol. The zero-order valence-corrected chi connectivity index (χ0v) is 7.02. The summed E-state index contributed by atoms with van der Waals surface area (Å²) in [5, 5.41) is 18.9. The predicted molar refractivity (Wildman–Crippen MR) is 43.2 cm³/mol. The lowest BCUT2D eigenvalue weighted by Crippen LogP contribution is -2.33. The Morgan fingerprint density at radius 1 is 1.91 bits per heavy atom.